The summed E-state index contributed by atoms with van der Waals surface area (Å²) in [6.45, 7) is 6.48. The molecule has 61 heavy (non-hydrogen) atoms. The summed E-state index contributed by atoms with van der Waals surface area (Å²) in [4.78, 5) is 37.9. The highest BCUT2D eigenvalue weighted by atomic mass is 16.6. The second kappa shape index (κ2) is 49.8. The van der Waals surface area contributed by atoms with Crippen LogP contribution in [0.15, 0.2) is 60.8 Å². The van der Waals surface area contributed by atoms with Crippen LogP contribution in [0.1, 0.15) is 252 Å². The largest absolute Gasteiger partial charge is 0.462 e. The van der Waals surface area contributed by atoms with Crippen molar-refractivity contribution in [2.75, 3.05) is 13.2 Å². The summed E-state index contributed by atoms with van der Waals surface area (Å²) in [5.41, 5.74) is 0. The minimum absolute atomic E-state index is 0.0888. The Balaban J connectivity index is 4.45. The molecule has 0 rings (SSSR count). The summed E-state index contributed by atoms with van der Waals surface area (Å²) in [7, 11) is 0. The summed E-state index contributed by atoms with van der Waals surface area (Å²) >= 11 is 0. The number of carbonyl (C=O) groups excluding carboxylic acids is 3. The Labute approximate surface area is 377 Å². The fourth-order valence-electron chi connectivity index (χ4n) is 7.13. The molecule has 0 unspecified atom stereocenters. The zero-order valence-corrected chi connectivity index (χ0v) is 40.2. The van der Waals surface area contributed by atoms with E-state index in [-0.39, 0.29) is 31.1 Å². The Morgan fingerprint density at radius 3 is 1.05 bits per heavy atom. The molecule has 0 N–H and O–H groups in total. The van der Waals surface area contributed by atoms with Crippen molar-refractivity contribution in [3.05, 3.63) is 60.8 Å². The minimum atomic E-state index is -0.792. The van der Waals surface area contributed by atoms with E-state index in [0.29, 0.717) is 19.3 Å². The standard InChI is InChI=1S/C55H96O6/c1-4-7-10-13-16-19-22-25-27-30-33-36-39-42-45-48-54(57)60-51-52(50-59-53(56)47-44-41-38-35-32-29-24-21-18-15-12-9-6-3)61-55(58)49-46-43-40-37-34-31-28-26-23-20-17-14-11-8-5-2/h7,10,16,19,25-28,33,36,52H,4-6,8-9,11-15,17-18,20-24,29-32,34-35,37-51H2,1-3H3/b10-7-,19-16-,27-25-,28-26-,36-33-/t52-/m1/s1. The molecule has 1 atom stereocenters. The molecule has 0 saturated heterocycles. The van der Waals surface area contributed by atoms with Gasteiger partial charge in [-0.15, -0.1) is 0 Å². The minimum Gasteiger partial charge on any atom is -0.462 e. The molecule has 0 aromatic carbocycles. The normalized spacial score (nSPS) is 12.5. The highest BCUT2D eigenvalue weighted by Crippen LogP contribution is 2.15. The monoisotopic (exact) mass is 853 g/mol. The highest BCUT2D eigenvalue weighted by molar-refractivity contribution is 5.71. The van der Waals surface area contributed by atoms with E-state index in [9.17, 15) is 14.4 Å². The molecule has 0 aliphatic carbocycles. The number of hydrogen-bond acceptors (Lipinski definition) is 6. The lowest BCUT2D eigenvalue weighted by Gasteiger charge is -2.18. The Bertz CT molecular complexity index is 1120. The molecule has 0 heterocycles. The summed E-state index contributed by atoms with van der Waals surface area (Å²) < 4.78 is 16.8. The molecular formula is C55H96O6. The molecule has 0 saturated carbocycles. The van der Waals surface area contributed by atoms with E-state index < -0.39 is 6.10 Å². The summed E-state index contributed by atoms with van der Waals surface area (Å²) in [5, 5.41) is 0. The molecule has 0 aromatic rings. The summed E-state index contributed by atoms with van der Waals surface area (Å²) in [6, 6.07) is 0. The van der Waals surface area contributed by atoms with Gasteiger partial charge in [-0.3, -0.25) is 14.4 Å². The first kappa shape index (κ1) is 58.1. The van der Waals surface area contributed by atoms with Gasteiger partial charge in [0.15, 0.2) is 6.10 Å². The maximum atomic E-state index is 12.8. The van der Waals surface area contributed by atoms with Gasteiger partial charge in [-0.2, -0.15) is 0 Å². The number of unbranched alkanes of at least 4 members (excludes halogenated alkanes) is 25. The van der Waals surface area contributed by atoms with E-state index in [1.165, 1.54) is 116 Å². The zero-order chi connectivity index (χ0) is 44.4. The van der Waals surface area contributed by atoms with Crippen LogP contribution in [-0.4, -0.2) is 37.2 Å². The third-order valence-corrected chi connectivity index (χ3v) is 11.0. The quantitative estimate of drug-likeness (QED) is 0.0263. The van der Waals surface area contributed by atoms with Crippen molar-refractivity contribution in [1.29, 1.82) is 0 Å². The number of carbonyl (C=O) groups is 3. The van der Waals surface area contributed by atoms with Crippen molar-refractivity contribution in [2.45, 2.75) is 258 Å². The first-order valence-electron chi connectivity index (χ1n) is 25.8. The van der Waals surface area contributed by atoms with E-state index in [2.05, 4.69) is 81.5 Å². The Hall–Kier alpha value is -2.89. The molecule has 6 heteroatoms. The van der Waals surface area contributed by atoms with Gasteiger partial charge in [0.2, 0.25) is 0 Å². The first-order valence-corrected chi connectivity index (χ1v) is 25.8. The van der Waals surface area contributed by atoms with E-state index in [1.54, 1.807) is 0 Å². The van der Waals surface area contributed by atoms with Crippen LogP contribution in [0.4, 0.5) is 0 Å². The molecule has 0 amide bonds. The van der Waals surface area contributed by atoms with Gasteiger partial charge in [0.1, 0.15) is 13.2 Å². The van der Waals surface area contributed by atoms with Crippen LogP contribution in [0.2, 0.25) is 0 Å². The van der Waals surface area contributed by atoms with Gasteiger partial charge < -0.3 is 14.2 Å². The SMILES string of the molecule is CC/C=C\C/C=C\C/C=C\C/C=C\CCCCC(=O)OC[C@@H](COC(=O)CCCCCCCCCCCCCCC)OC(=O)CCCCCCC/C=C\CCCCCCCC. The molecule has 352 valence electrons. The summed E-state index contributed by atoms with van der Waals surface area (Å²) in [6.07, 6.45) is 60.6. The van der Waals surface area contributed by atoms with Crippen molar-refractivity contribution >= 4 is 17.9 Å². The third kappa shape index (κ3) is 48.0. The number of allylic oxidation sites excluding steroid dienone is 10. The molecule has 0 aliphatic heterocycles. The van der Waals surface area contributed by atoms with Crippen molar-refractivity contribution < 1.29 is 28.6 Å². The number of hydrogen-bond donors (Lipinski definition) is 0. The second-order valence-corrected chi connectivity index (χ2v) is 17.1. The maximum absolute atomic E-state index is 12.8. The molecular weight excluding hydrogens is 757 g/mol. The smallest absolute Gasteiger partial charge is 0.306 e. The van der Waals surface area contributed by atoms with Gasteiger partial charge in [-0.25, -0.2) is 0 Å². The lowest BCUT2D eigenvalue weighted by atomic mass is 10.0. The van der Waals surface area contributed by atoms with Gasteiger partial charge in [-0.1, -0.05) is 210 Å². The predicted molar refractivity (Wildman–Crippen MR) is 261 cm³/mol. The zero-order valence-electron chi connectivity index (χ0n) is 40.2. The lowest BCUT2D eigenvalue weighted by Crippen LogP contribution is -2.30. The number of esters is 3. The van der Waals surface area contributed by atoms with Gasteiger partial charge in [-0.05, 0) is 83.5 Å². The van der Waals surface area contributed by atoms with Crippen molar-refractivity contribution in [2.24, 2.45) is 0 Å². The number of rotatable bonds is 46. The second-order valence-electron chi connectivity index (χ2n) is 17.1. The Morgan fingerprint density at radius 2 is 0.639 bits per heavy atom. The molecule has 0 fully saturated rings. The predicted octanol–water partition coefficient (Wildman–Crippen LogP) is 16.9. The Kier molecular flexibility index (Phi) is 47.4. The Morgan fingerprint density at radius 1 is 0.344 bits per heavy atom. The average molecular weight is 853 g/mol. The van der Waals surface area contributed by atoms with Gasteiger partial charge in [0, 0.05) is 19.3 Å². The molecule has 0 aromatic heterocycles. The van der Waals surface area contributed by atoms with E-state index in [0.717, 1.165) is 96.3 Å². The van der Waals surface area contributed by atoms with Crippen LogP contribution in [0.5, 0.6) is 0 Å². The molecule has 0 bridgehead atoms. The molecule has 6 nitrogen and oxygen atoms in total. The van der Waals surface area contributed by atoms with Crippen LogP contribution >= 0.6 is 0 Å². The first-order chi connectivity index (χ1) is 30.0. The van der Waals surface area contributed by atoms with E-state index in [4.69, 9.17) is 14.2 Å². The molecule has 0 aliphatic rings. The van der Waals surface area contributed by atoms with Crippen molar-refractivity contribution in [1.82, 2.24) is 0 Å². The number of ether oxygens (including phenoxy) is 3. The fourth-order valence-corrected chi connectivity index (χ4v) is 7.13. The van der Waals surface area contributed by atoms with Crippen LogP contribution in [-0.2, 0) is 28.6 Å². The van der Waals surface area contributed by atoms with Crippen molar-refractivity contribution in [3.63, 3.8) is 0 Å². The molecule has 0 radical (unpaired) electrons. The average Bonchev–Trinajstić information content (AvgIpc) is 3.26. The van der Waals surface area contributed by atoms with E-state index >= 15 is 0 Å². The van der Waals surface area contributed by atoms with Crippen LogP contribution in [0, 0.1) is 0 Å². The fraction of sp³-hybridized carbons (Fsp3) is 0.764. The lowest BCUT2D eigenvalue weighted by molar-refractivity contribution is -0.167. The van der Waals surface area contributed by atoms with Gasteiger partial charge in [0.05, 0.1) is 0 Å². The van der Waals surface area contributed by atoms with Crippen LogP contribution in [0.3, 0.4) is 0 Å². The maximum Gasteiger partial charge on any atom is 0.306 e. The van der Waals surface area contributed by atoms with Gasteiger partial charge in [0.25, 0.3) is 0 Å². The summed E-state index contributed by atoms with van der Waals surface area (Å²) in [5.74, 6) is -0.936. The van der Waals surface area contributed by atoms with Crippen LogP contribution in [0.25, 0.3) is 0 Å². The third-order valence-electron chi connectivity index (χ3n) is 11.0. The van der Waals surface area contributed by atoms with Crippen LogP contribution < -0.4 is 0 Å². The molecule has 0 spiro atoms. The topological polar surface area (TPSA) is 78.9 Å². The highest BCUT2D eigenvalue weighted by Gasteiger charge is 2.19. The van der Waals surface area contributed by atoms with Gasteiger partial charge >= 0.3 is 17.9 Å². The van der Waals surface area contributed by atoms with E-state index in [1.807, 2.05) is 0 Å². The van der Waals surface area contributed by atoms with Crippen molar-refractivity contribution in [3.8, 4) is 0 Å².